The molecule has 0 aliphatic rings. The minimum absolute atomic E-state index is 0.120. The van der Waals surface area contributed by atoms with Crippen LogP contribution in [0, 0.1) is 5.82 Å². The van der Waals surface area contributed by atoms with Crippen molar-refractivity contribution in [3.63, 3.8) is 0 Å². The van der Waals surface area contributed by atoms with Crippen LogP contribution in [0.25, 0.3) is 0 Å². The maximum Gasteiger partial charge on any atom is 0.164 e. The zero-order valence-electron chi connectivity index (χ0n) is 8.14. The third kappa shape index (κ3) is 2.67. The van der Waals surface area contributed by atoms with Crippen molar-refractivity contribution in [1.82, 2.24) is 0 Å². The minimum Gasteiger partial charge on any atom is -0.378 e. The summed E-state index contributed by atoms with van der Waals surface area (Å²) in [6.45, 7) is 0.536. The summed E-state index contributed by atoms with van der Waals surface area (Å²) in [4.78, 5) is 1.05. The average Bonchev–Trinajstić information content (AvgIpc) is 2.67. The Labute approximate surface area is 107 Å². The number of hydrogen-bond donors (Lipinski definition) is 1. The number of thiophene rings is 1. The van der Waals surface area contributed by atoms with Gasteiger partial charge in [0.2, 0.25) is 0 Å². The molecule has 0 aliphatic heterocycles. The summed E-state index contributed by atoms with van der Waals surface area (Å²) in [6, 6.07) is 6.72. The number of halogens is 3. The molecule has 2 rings (SSSR count). The van der Waals surface area contributed by atoms with Crippen LogP contribution < -0.4 is 5.32 Å². The van der Waals surface area contributed by atoms with Gasteiger partial charge in [0.05, 0.1) is 15.7 Å². The Balaban J connectivity index is 2.07. The number of rotatable bonds is 3. The van der Waals surface area contributed by atoms with Gasteiger partial charge in [-0.1, -0.05) is 29.3 Å². The van der Waals surface area contributed by atoms with Crippen LogP contribution in [0.1, 0.15) is 4.88 Å². The highest BCUT2D eigenvalue weighted by Crippen LogP contribution is 2.24. The first-order valence-corrected chi connectivity index (χ1v) is 6.21. The predicted molar refractivity (Wildman–Crippen MR) is 68.1 cm³/mol. The summed E-state index contributed by atoms with van der Waals surface area (Å²) in [5, 5.41) is 5.64. The van der Waals surface area contributed by atoms with Gasteiger partial charge < -0.3 is 5.32 Å². The molecule has 1 N–H and O–H groups in total. The van der Waals surface area contributed by atoms with Crippen molar-refractivity contribution >= 4 is 40.2 Å². The Hall–Kier alpha value is -0.770. The number of nitrogens with one attached hydrogen (secondary N) is 1. The number of benzene rings is 1. The Morgan fingerprint density at radius 1 is 1.31 bits per heavy atom. The van der Waals surface area contributed by atoms with Gasteiger partial charge >= 0.3 is 0 Å². The van der Waals surface area contributed by atoms with Gasteiger partial charge in [0.15, 0.2) is 5.82 Å². The number of hydrogen-bond acceptors (Lipinski definition) is 2. The predicted octanol–water partition coefficient (Wildman–Crippen LogP) is 4.81. The first-order valence-electron chi connectivity index (χ1n) is 4.57. The molecule has 0 fully saturated rings. The zero-order chi connectivity index (χ0) is 11.5. The molecule has 1 aromatic heterocycles. The van der Waals surface area contributed by atoms with Gasteiger partial charge in [0.25, 0.3) is 0 Å². The third-order valence-electron chi connectivity index (χ3n) is 2.03. The molecule has 0 aliphatic carbocycles. The molecule has 0 bridgehead atoms. The standard InChI is InChI=1S/C11H8Cl2FNS/c12-7-4-8(16-6-7)5-15-10-3-1-2-9(13)11(10)14/h1-4,6,15H,5H2. The van der Waals surface area contributed by atoms with Gasteiger partial charge in [-0.15, -0.1) is 11.3 Å². The minimum atomic E-state index is -0.424. The Kier molecular flexibility index (Phi) is 3.69. The maximum atomic E-state index is 13.5. The maximum absolute atomic E-state index is 13.5. The Bertz CT molecular complexity index is 498. The van der Waals surface area contributed by atoms with Gasteiger partial charge in [-0.3, -0.25) is 0 Å². The van der Waals surface area contributed by atoms with Crippen molar-refractivity contribution in [3.8, 4) is 0 Å². The van der Waals surface area contributed by atoms with Crippen LogP contribution in [0.2, 0.25) is 10.0 Å². The van der Waals surface area contributed by atoms with Crippen molar-refractivity contribution < 1.29 is 4.39 Å². The fourth-order valence-electron chi connectivity index (χ4n) is 1.27. The quantitative estimate of drug-likeness (QED) is 0.848. The van der Waals surface area contributed by atoms with E-state index in [2.05, 4.69) is 5.32 Å². The highest BCUT2D eigenvalue weighted by molar-refractivity contribution is 7.10. The van der Waals surface area contributed by atoms with Gasteiger partial charge in [0, 0.05) is 16.8 Å². The van der Waals surface area contributed by atoms with Crippen molar-refractivity contribution in [1.29, 1.82) is 0 Å². The van der Waals surface area contributed by atoms with Crippen LogP contribution >= 0.6 is 34.5 Å². The van der Waals surface area contributed by atoms with Gasteiger partial charge in [-0.05, 0) is 18.2 Å². The lowest BCUT2D eigenvalue weighted by Crippen LogP contribution is -1.99. The third-order valence-corrected chi connectivity index (χ3v) is 3.60. The molecule has 2 aromatic rings. The lowest BCUT2D eigenvalue weighted by molar-refractivity contribution is 0.630. The largest absolute Gasteiger partial charge is 0.378 e. The number of anilines is 1. The topological polar surface area (TPSA) is 12.0 Å². The smallest absolute Gasteiger partial charge is 0.164 e. The fraction of sp³-hybridized carbons (Fsp3) is 0.0909. The Morgan fingerprint density at radius 3 is 2.81 bits per heavy atom. The molecule has 0 saturated carbocycles. The summed E-state index contributed by atoms with van der Waals surface area (Å²) in [5.74, 6) is -0.424. The van der Waals surface area contributed by atoms with Crippen molar-refractivity contribution in [2.45, 2.75) is 6.54 Å². The Morgan fingerprint density at radius 2 is 2.12 bits per heavy atom. The normalized spacial score (nSPS) is 10.4. The summed E-state index contributed by atoms with van der Waals surface area (Å²) < 4.78 is 13.5. The summed E-state index contributed by atoms with van der Waals surface area (Å²) in [7, 11) is 0. The van der Waals surface area contributed by atoms with Crippen LogP contribution in [-0.4, -0.2) is 0 Å². The molecule has 0 amide bonds. The fourth-order valence-corrected chi connectivity index (χ4v) is 2.46. The molecule has 0 radical (unpaired) electrons. The molecular formula is C11H8Cl2FNS. The summed E-state index contributed by atoms with van der Waals surface area (Å²) >= 11 is 13.0. The molecule has 16 heavy (non-hydrogen) atoms. The molecule has 5 heteroatoms. The molecule has 1 nitrogen and oxygen atoms in total. The van der Waals surface area contributed by atoms with E-state index in [1.165, 1.54) is 17.4 Å². The second-order valence-electron chi connectivity index (χ2n) is 3.19. The van der Waals surface area contributed by atoms with E-state index in [0.29, 0.717) is 17.3 Å². The molecule has 0 unspecified atom stereocenters. The van der Waals surface area contributed by atoms with Gasteiger partial charge in [-0.2, -0.15) is 0 Å². The molecular weight excluding hydrogens is 268 g/mol. The van der Waals surface area contributed by atoms with Crippen LogP contribution in [-0.2, 0) is 6.54 Å². The van der Waals surface area contributed by atoms with Crippen molar-refractivity contribution in [2.75, 3.05) is 5.32 Å². The van der Waals surface area contributed by atoms with E-state index in [1.807, 2.05) is 11.4 Å². The molecule has 1 aromatic carbocycles. The molecule has 84 valence electrons. The van der Waals surface area contributed by atoms with Crippen LogP contribution in [0.5, 0.6) is 0 Å². The monoisotopic (exact) mass is 275 g/mol. The second kappa shape index (κ2) is 5.04. The van der Waals surface area contributed by atoms with Crippen LogP contribution in [0.15, 0.2) is 29.6 Å². The first kappa shape index (κ1) is 11.7. The van der Waals surface area contributed by atoms with E-state index in [9.17, 15) is 4.39 Å². The lowest BCUT2D eigenvalue weighted by atomic mass is 10.3. The molecule has 1 heterocycles. The SMILES string of the molecule is Fc1c(Cl)cccc1NCc1cc(Cl)cs1. The van der Waals surface area contributed by atoms with Crippen LogP contribution in [0.4, 0.5) is 10.1 Å². The van der Waals surface area contributed by atoms with Crippen LogP contribution in [0.3, 0.4) is 0 Å². The van der Waals surface area contributed by atoms with E-state index in [1.54, 1.807) is 12.1 Å². The van der Waals surface area contributed by atoms with Gasteiger partial charge in [0.1, 0.15) is 0 Å². The highest BCUT2D eigenvalue weighted by atomic mass is 35.5. The van der Waals surface area contributed by atoms with E-state index in [-0.39, 0.29) is 5.02 Å². The van der Waals surface area contributed by atoms with E-state index in [4.69, 9.17) is 23.2 Å². The zero-order valence-corrected chi connectivity index (χ0v) is 10.5. The lowest BCUT2D eigenvalue weighted by Gasteiger charge is -2.06. The summed E-state index contributed by atoms with van der Waals surface area (Å²) in [5.41, 5.74) is 0.400. The van der Waals surface area contributed by atoms with Crippen molar-refractivity contribution in [3.05, 3.63) is 50.4 Å². The van der Waals surface area contributed by atoms with E-state index >= 15 is 0 Å². The first-order chi connectivity index (χ1) is 7.66. The van der Waals surface area contributed by atoms with E-state index < -0.39 is 5.82 Å². The second-order valence-corrected chi connectivity index (χ2v) is 5.03. The van der Waals surface area contributed by atoms with E-state index in [0.717, 1.165) is 4.88 Å². The van der Waals surface area contributed by atoms with Crippen molar-refractivity contribution in [2.24, 2.45) is 0 Å². The van der Waals surface area contributed by atoms with Gasteiger partial charge in [-0.25, -0.2) is 4.39 Å². The molecule has 0 atom stereocenters. The molecule has 0 saturated heterocycles. The highest BCUT2D eigenvalue weighted by Gasteiger charge is 2.05. The molecule has 0 spiro atoms. The average molecular weight is 276 g/mol. The summed E-state index contributed by atoms with van der Waals surface area (Å²) in [6.07, 6.45) is 0.